The molecule has 2 aromatic rings. The van der Waals surface area contributed by atoms with Crippen molar-refractivity contribution >= 4 is 40.0 Å². The van der Waals surface area contributed by atoms with Crippen LogP contribution in [0.5, 0.6) is 0 Å². The van der Waals surface area contributed by atoms with E-state index in [1.807, 2.05) is 6.92 Å². The van der Waals surface area contributed by atoms with E-state index in [0.29, 0.717) is 25.4 Å². The van der Waals surface area contributed by atoms with Gasteiger partial charge in [-0.25, -0.2) is 18.6 Å². The summed E-state index contributed by atoms with van der Waals surface area (Å²) < 4.78 is 29.3. The fraction of sp³-hybridized carbons (Fsp3) is 0.429. The van der Waals surface area contributed by atoms with Gasteiger partial charge in [0.05, 0.1) is 28.9 Å². The smallest absolute Gasteiger partial charge is 0.322 e. The molecule has 1 aromatic carbocycles. The van der Waals surface area contributed by atoms with Crippen molar-refractivity contribution in [1.29, 1.82) is 0 Å². The molecule has 0 aliphatic carbocycles. The van der Waals surface area contributed by atoms with Gasteiger partial charge in [0.1, 0.15) is 17.7 Å². The number of hydroxylamine groups is 2. The van der Waals surface area contributed by atoms with E-state index in [0.717, 1.165) is 22.0 Å². The first-order valence-corrected chi connectivity index (χ1v) is 11.2. The van der Waals surface area contributed by atoms with Crippen molar-refractivity contribution in [3.8, 4) is 0 Å². The molecule has 2 N–H and O–H groups in total. The molecule has 1 aromatic heterocycles. The molecule has 1 aliphatic rings. The Morgan fingerprint density at radius 2 is 2.09 bits per heavy atom. The van der Waals surface area contributed by atoms with Crippen LogP contribution in [0.25, 0.3) is 0 Å². The summed E-state index contributed by atoms with van der Waals surface area (Å²) in [6, 6.07) is 1.35. The zero-order valence-electron chi connectivity index (χ0n) is 18.9. The molecule has 1 unspecified atom stereocenters. The number of nitrogens with one attached hydrogen (secondary N) is 2. The molecular weight excluding hydrogens is 518 g/mol. The number of carbonyl (C=O) groups is 3. The Bertz CT molecular complexity index is 1100. The zero-order chi connectivity index (χ0) is 25.0. The molecular formula is C21H25BrF2N6O4. The molecule has 0 bridgehead atoms. The first kappa shape index (κ1) is 25.6. The molecule has 0 saturated carbocycles. The highest BCUT2D eigenvalue weighted by Gasteiger charge is 2.27. The van der Waals surface area contributed by atoms with E-state index in [1.54, 1.807) is 4.68 Å². The first-order chi connectivity index (χ1) is 16.1. The highest BCUT2D eigenvalue weighted by Crippen LogP contribution is 2.26. The first-order valence-electron chi connectivity index (χ1n) is 10.4. The molecule has 0 spiro atoms. The standard InChI is InChI=1S/C21H25BrF2N6O4/c1-12-15-10-29(21(33)26-20-6-16(22)17(23)7-18(20)24)5-4-19(15)27-30(12)9-14(8-25-13(2)32)34-28(3)11-31/h6-7,11,14H,4-5,8-10H2,1-3H3,(H,25,32)(H,26,33). The molecule has 34 heavy (non-hydrogen) atoms. The average molecular weight is 543 g/mol. The van der Waals surface area contributed by atoms with Gasteiger partial charge in [-0.05, 0) is 28.9 Å². The second-order valence-corrected chi connectivity index (χ2v) is 8.71. The summed E-state index contributed by atoms with van der Waals surface area (Å²) in [6.07, 6.45) is 0.441. The molecule has 1 aliphatic heterocycles. The van der Waals surface area contributed by atoms with Crippen molar-refractivity contribution in [2.45, 2.75) is 39.5 Å². The number of benzene rings is 1. The number of hydrogen-bond acceptors (Lipinski definition) is 5. The monoisotopic (exact) mass is 542 g/mol. The van der Waals surface area contributed by atoms with Gasteiger partial charge in [0.15, 0.2) is 0 Å². The van der Waals surface area contributed by atoms with Crippen molar-refractivity contribution in [2.24, 2.45) is 0 Å². The van der Waals surface area contributed by atoms with Gasteiger partial charge in [0.2, 0.25) is 12.3 Å². The van der Waals surface area contributed by atoms with Crippen LogP contribution < -0.4 is 10.6 Å². The Morgan fingerprint density at radius 1 is 1.35 bits per heavy atom. The molecule has 10 nitrogen and oxygen atoms in total. The van der Waals surface area contributed by atoms with Crippen molar-refractivity contribution in [3.05, 3.63) is 45.2 Å². The lowest BCUT2D eigenvalue weighted by Crippen LogP contribution is -2.39. The zero-order valence-corrected chi connectivity index (χ0v) is 20.5. The summed E-state index contributed by atoms with van der Waals surface area (Å²) in [5.74, 6) is -1.87. The molecule has 2 heterocycles. The van der Waals surface area contributed by atoms with E-state index in [9.17, 15) is 23.2 Å². The fourth-order valence-electron chi connectivity index (χ4n) is 3.57. The van der Waals surface area contributed by atoms with E-state index in [4.69, 9.17) is 4.84 Å². The third-order valence-electron chi connectivity index (χ3n) is 5.34. The van der Waals surface area contributed by atoms with Crippen molar-refractivity contribution in [1.82, 2.24) is 25.1 Å². The maximum atomic E-state index is 14.0. The minimum absolute atomic E-state index is 0.0403. The van der Waals surface area contributed by atoms with Crippen molar-refractivity contribution in [3.63, 3.8) is 0 Å². The topological polar surface area (TPSA) is 109 Å². The second kappa shape index (κ2) is 10.9. The van der Waals surface area contributed by atoms with E-state index < -0.39 is 23.8 Å². The fourth-order valence-corrected chi connectivity index (χ4v) is 3.92. The number of anilines is 1. The van der Waals surface area contributed by atoms with Crippen molar-refractivity contribution < 1.29 is 28.0 Å². The van der Waals surface area contributed by atoms with Gasteiger partial charge in [-0.1, -0.05) is 0 Å². The van der Waals surface area contributed by atoms with Crippen LogP contribution in [0, 0.1) is 18.6 Å². The molecule has 0 saturated heterocycles. The SMILES string of the molecule is CC(=O)NCC(Cn1nc2c(c1C)CN(C(=O)Nc1cc(Br)c(F)cc1F)CC2)ON(C)C=O. The number of rotatable bonds is 8. The van der Waals surface area contributed by atoms with Crippen LogP contribution in [-0.2, 0) is 33.9 Å². The molecule has 3 rings (SSSR count). The summed E-state index contributed by atoms with van der Waals surface area (Å²) in [6.45, 7) is 4.28. The van der Waals surface area contributed by atoms with Gasteiger partial charge in [-0.2, -0.15) is 5.10 Å². The average Bonchev–Trinajstić information content (AvgIpc) is 3.10. The predicted molar refractivity (Wildman–Crippen MR) is 122 cm³/mol. The van der Waals surface area contributed by atoms with Crippen LogP contribution in [0.4, 0.5) is 19.3 Å². The van der Waals surface area contributed by atoms with Gasteiger partial charge >= 0.3 is 6.03 Å². The Morgan fingerprint density at radius 3 is 2.76 bits per heavy atom. The third kappa shape index (κ3) is 6.08. The Labute approximate surface area is 203 Å². The van der Waals surface area contributed by atoms with Crippen LogP contribution in [0.3, 0.4) is 0 Å². The summed E-state index contributed by atoms with van der Waals surface area (Å²) >= 11 is 2.98. The van der Waals surface area contributed by atoms with E-state index in [-0.39, 0.29) is 35.7 Å². The second-order valence-electron chi connectivity index (χ2n) is 7.86. The maximum Gasteiger partial charge on any atom is 0.322 e. The normalized spacial score (nSPS) is 13.8. The minimum atomic E-state index is -0.874. The number of nitrogens with zero attached hydrogens (tertiary/aromatic N) is 4. The molecule has 0 fully saturated rings. The highest BCUT2D eigenvalue weighted by molar-refractivity contribution is 9.10. The summed E-state index contributed by atoms with van der Waals surface area (Å²) in [5, 5.41) is 10.8. The van der Waals surface area contributed by atoms with Crippen LogP contribution in [0.2, 0.25) is 0 Å². The molecule has 13 heteroatoms. The number of halogens is 3. The summed E-state index contributed by atoms with van der Waals surface area (Å²) in [4.78, 5) is 42.1. The minimum Gasteiger partial charge on any atom is -0.354 e. The molecule has 4 amide bonds. The van der Waals surface area contributed by atoms with E-state index in [1.165, 1.54) is 24.9 Å². The van der Waals surface area contributed by atoms with Gasteiger partial charge in [-0.15, -0.1) is 0 Å². The molecule has 184 valence electrons. The quantitative estimate of drug-likeness (QED) is 0.302. The third-order valence-corrected chi connectivity index (χ3v) is 5.95. The lowest BCUT2D eigenvalue weighted by atomic mass is 10.1. The number of amides is 4. The van der Waals surface area contributed by atoms with Crippen LogP contribution in [-0.4, -0.2) is 64.3 Å². The number of carbonyl (C=O) groups excluding carboxylic acids is 3. The molecule has 1 atom stereocenters. The van der Waals surface area contributed by atoms with Crippen LogP contribution in [0.1, 0.15) is 23.9 Å². The van der Waals surface area contributed by atoms with Gasteiger partial charge in [-0.3, -0.25) is 19.1 Å². The lowest BCUT2D eigenvalue weighted by molar-refractivity contribution is -0.185. The largest absolute Gasteiger partial charge is 0.354 e. The van der Waals surface area contributed by atoms with Crippen LogP contribution in [0.15, 0.2) is 16.6 Å². The van der Waals surface area contributed by atoms with Gasteiger partial charge in [0, 0.05) is 50.8 Å². The number of urea groups is 1. The number of aromatic nitrogens is 2. The lowest BCUT2D eigenvalue weighted by Gasteiger charge is -2.27. The highest BCUT2D eigenvalue weighted by atomic mass is 79.9. The Kier molecular flexibility index (Phi) is 8.20. The van der Waals surface area contributed by atoms with E-state index >= 15 is 0 Å². The summed E-state index contributed by atoms with van der Waals surface area (Å²) in [7, 11) is 1.45. The van der Waals surface area contributed by atoms with Gasteiger partial charge in [0.25, 0.3) is 0 Å². The predicted octanol–water partition coefficient (Wildman–Crippen LogP) is 2.35. The number of fused-ring (bicyclic) bond motifs is 1. The van der Waals surface area contributed by atoms with Crippen LogP contribution >= 0.6 is 15.9 Å². The number of hydrogen-bond donors (Lipinski definition) is 2. The summed E-state index contributed by atoms with van der Waals surface area (Å²) in [5.41, 5.74) is 2.34. The van der Waals surface area contributed by atoms with Gasteiger partial charge < -0.3 is 15.5 Å². The Balaban J connectivity index is 1.72. The molecule has 0 radical (unpaired) electrons. The maximum absolute atomic E-state index is 14.0. The Hall–Kier alpha value is -3.06. The van der Waals surface area contributed by atoms with Crippen molar-refractivity contribution in [2.75, 3.05) is 25.5 Å². The van der Waals surface area contributed by atoms with E-state index in [2.05, 4.69) is 31.7 Å².